The lowest BCUT2D eigenvalue weighted by Gasteiger charge is -2.07. The minimum Gasteiger partial charge on any atom is -0.496 e. The van der Waals surface area contributed by atoms with Gasteiger partial charge in [0.05, 0.1) is 12.8 Å². The van der Waals surface area contributed by atoms with Crippen LogP contribution < -0.4 is 16.0 Å². The van der Waals surface area contributed by atoms with Gasteiger partial charge in [-0.2, -0.15) is 0 Å². The number of hydrogen-bond acceptors (Lipinski definition) is 3. The van der Waals surface area contributed by atoms with Gasteiger partial charge in [0.25, 0.3) is 0 Å². The number of halogens is 1. The number of hydrazine groups is 1. The van der Waals surface area contributed by atoms with Gasteiger partial charge in [-0.3, -0.25) is 5.84 Å². The van der Waals surface area contributed by atoms with E-state index in [9.17, 15) is 0 Å². The molecular formula is C8H11BrN2O. The average molecular weight is 231 g/mol. The molecular weight excluding hydrogens is 220 g/mol. The van der Waals surface area contributed by atoms with Crippen molar-refractivity contribution in [2.75, 3.05) is 12.5 Å². The molecule has 3 N–H and O–H groups in total. The van der Waals surface area contributed by atoms with Crippen molar-refractivity contribution in [1.82, 2.24) is 0 Å². The van der Waals surface area contributed by atoms with Crippen LogP contribution in [0.1, 0.15) is 5.56 Å². The van der Waals surface area contributed by atoms with Gasteiger partial charge >= 0.3 is 0 Å². The summed E-state index contributed by atoms with van der Waals surface area (Å²) in [4.78, 5) is 0. The first-order chi connectivity index (χ1) is 5.81. The highest BCUT2D eigenvalue weighted by molar-refractivity contribution is 9.08. The molecule has 1 rings (SSSR count). The minimum absolute atomic E-state index is 0.779. The zero-order valence-corrected chi connectivity index (χ0v) is 8.39. The van der Waals surface area contributed by atoms with Crippen LogP contribution >= 0.6 is 15.9 Å². The molecule has 0 bridgehead atoms. The van der Waals surface area contributed by atoms with Crippen LogP contribution in [0.4, 0.5) is 5.69 Å². The Morgan fingerprint density at radius 3 is 2.83 bits per heavy atom. The maximum Gasteiger partial charge on any atom is 0.125 e. The summed E-state index contributed by atoms with van der Waals surface area (Å²) in [7, 11) is 1.64. The molecule has 0 heterocycles. The second-order valence-corrected chi connectivity index (χ2v) is 2.87. The molecule has 66 valence electrons. The molecule has 4 heteroatoms. The van der Waals surface area contributed by atoms with Gasteiger partial charge in [-0.25, -0.2) is 0 Å². The van der Waals surface area contributed by atoms with Crippen LogP contribution in [-0.4, -0.2) is 7.11 Å². The van der Waals surface area contributed by atoms with Crippen LogP contribution in [0.5, 0.6) is 5.75 Å². The fourth-order valence-corrected chi connectivity index (χ4v) is 1.41. The Bertz CT molecular complexity index is 265. The number of benzene rings is 1. The molecule has 0 aromatic heterocycles. The van der Waals surface area contributed by atoms with E-state index in [0.29, 0.717) is 0 Å². The molecule has 0 unspecified atom stereocenters. The number of alkyl halides is 1. The van der Waals surface area contributed by atoms with Crippen molar-refractivity contribution >= 4 is 21.6 Å². The van der Waals surface area contributed by atoms with E-state index in [2.05, 4.69) is 21.4 Å². The molecule has 0 amide bonds. The predicted octanol–water partition coefficient (Wildman–Crippen LogP) is 1.88. The summed E-state index contributed by atoms with van der Waals surface area (Å²) in [6, 6.07) is 5.72. The van der Waals surface area contributed by atoms with Crippen molar-refractivity contribution in [3.8, 4) is 5.75 Å². The number of nitrogen functional groups attached to an aromatic ring is 1. The quantitative estimate of drug-likeness (QED) is 0.474. The van der Waals surface area contributed by atoms with Crippen molar-refractivity contribution in [3.63, 3.8) is 0 Å². The van der Waals surface area contributed by atoms with Crippen molar-refractivity contribution in [2.45, 2.75) is 5.33 Å². The van der Waals surface area contributed by atoms with Gasteiger partial charge in [-0.1, -0.05) is 22.0 Å². The molecule has 1 aromatic rings. The van der Waals surface area contributed by atoms with Gasteiger partial charge in [0.2, 0.25) is 0 Å². The van der Waals surface area contributed by atoms with Gasteiger partial charge in [-0.05, 0) is 6.07 Å². The van der Waals surface area contributed by atoms with Crippen LogP contribution in [0.15, 0.2) is 18.2 Å². The third-order valence-corrected chi connectivity index (χ3v) is 2.20. The van der Waals surface area contributed by atoms with Gasteiger partial charge in [0.15, 0.2) is 0 Å². The molecule has 0 spiro atoms. The standard InChI is InChI=1S/C8H11BrN2O/c1-12-8-4-7(11-10)3-2-6(8)5-9/h2-4,11H,5,10H2,1H3. The molecule has 0 aliphatic carbocycles. The number of methoxy groups -OCH3 is 1. The Kier molecular flexibility index (Phi) is 3.37. The summed E-state index contributed by atoms with van der Waals surface area (Å²) in [5, 5.41) is 0.779. The normalized spacial score (nSPS) is 9.58. The highest BCUT2D eigenvalue weighted by atomic mass is 79.9. The van der Waals surface area contributed by atoms with E-state index in [1.807, 2.05) is 18.2 Å². The van der Waals surface area contributed by atoms with Gasteiger partial charge in [0, 0.05) is 17.0 Å². The predicted molar refractivity (Wildman–Crippen MR) is 53.4 cm³/mol. The summed E-state index contributed by atoms with van der Waals surface area (Å²) >= 11 is 3.36. The molecule has 0 fully saturated rings. The fraction of sp³-hybridized carbons (Fsp3) is 0.250. The Morgan fingerprint density at radius 2 is 2.33 bits per heavy atom. The number of hydrogen-bond donors (Lipinski definition) is 2. The average Bonchev–Trinajstić information content (AvgIpc) is 2.16. The first-order valence-corrected chi connectivity index (χ1v) is 4.63. The summed E-state index contributed by atoms with van der Waals surface area (Å²) in [5.74, 6) is 6.08. The number of ether oxygens (including phenoxy) is 1. The van der Waals surface area contributed by atoms with Crippen molar-refractivity contribution in [1.29, 1.82) is 0 Å². The Hall–Kier alpha value is -0.740. The van der Waals surface area contributed by atoms with Crippen LogP contribution in [0.3, 0.4) is 0 Å². The van der Waals surface area contributed by atoms with Gasteiger partial charge in [0.1, 0.15) is 5.75 Å². The lowest BCUT2D eigenvalue weighted by atomic mass is 10.2. The molecule has 0 saturated heterocycles. The van der Waals surface area contributed by atoms with E-state index in [0.717, 1.165) is 22.3 Å². The van der Waals surface area contributed by atoms with E-state index in [-0.39, 0.29) is 0 Å². The number of rotatable bonds is 3. The SMILES string of the molecule is COc1cc(NN)ccc1CBr. The van der Waals surface area contributed by atoms with Crippen molar-refractivity contribution < 1.29 is 4.74 Å². The van der Waals surface area contributed by atoms with Crippen molar-refractivity contribution in [3.05, 3.63) is 23.8 Å². The molecule has 12 heavy (non-hydrogen) atoms. The molecule has 0 aliphatic heterocycles. The second kappa shape index (κ2) is 4.33. The number of nitrogens with two attached hydrogens (primary N) is 1. The van der Waals surface area contributed by atoms with Crippen molar-refractivity contribution in [2.24, 2.45) is 5.84 Å². The Balaban J connectivity index is 3.02. The van der Waals surface area contributed by atoms with E-state index in [4.69, 9.17) is 10.6 Å². The summed E-state index contributed by atoms with van der Waals surface area (Å²) in [5.41, 5.74) is 4.51. The first kappa shape index (κ1) is 9.35. The van der Waals surface area contributed by atoms with Crippen LogP contribution in [0.25, 0.3) is 0 Å². The molecule has 3 nitrogen and oxygen atoms in total. The zero-order valence-electron chi connectivity index (χ0n) is 6.80. The monoisotopic (exact) mass is 230 g/mol. The third-order valence-electron chi connectivity index (χ3n) is 1.60. The zero-order chi connectivity index (χ0) is 8.97. The molecule has 1 aromatic carbocycles. The van der Waals surface area contributed by atoms with Crippen LogP contribution in [-0.2, 0) is 5.33 Å². The molecule has 0 saturated carbocycles. The minimum atomic E-state index is 0.779. The molecule has 0 aliphatic rings. The molecule has 0 atom stereocenters. The van der Waals surface area contributed by atoms with E-state index >= 15 is 0 Å². The van der Waals surface area contributed by atoms with E-state index < -0.39 is 0 Å². The van der Waals surface area contributed by atoms with E-state index in [1.165, 1.54) is 0 Å². The third kappa shape index (κ3) is 1.89. The largest absolute Gasteiger partial charge is 0.496 e. The van der Waals surface area contributed by atoms with Gasteiger partial charge in [-0.15, -0.1) is 0 Å². The number of anilines is 1. The lowest BCUT2D eigenvalue weighted by molar-refractivity contribution is 0.411. The summed E-state index contributed by atoms with van der Waals surface area (Å²) in [6.45, 7) is 0. The smallest absolute Gasteiger partial charge is 0.125 e. The first-order valence-electron chi connectivity index (χ1n) is 3.51. The second-order valence-electron chi connectivity index (χ2n) is 2.30. The van der Waals surface area contributed by atoms with Gasteiger partial charge < -0.3 is 10.2 Å². The lowest BCUT2D eigenvalue weighted by Crippen LogP contribution is -2.06. The molecule has 0 radical (unpaired) electrons. The highest BCUT2D eigenvalue weighted by Gasteiger charge is 2.01. The van der Waals surface area contributed by atoms with Crippen LogP contribution in [0.2, 0.25) is 0 Å². The Labute approximate surface area is 80.0 Å². The number of nitrogens with one attached hydrogen (secondary N) is 1. The Morgan fingerprint density at radius 1 is 1.58 bits per heavy atom. The highest BCUT2D eigenvalue weighted by Crippen LogP contribution is 2.24. The van der Waals surface area contributed by atoms with E-state index in [1.54, 1.807) is 7.11 Å². The topological polar surface area (TPSA) is 47.3 Å². The van der Waals surface area contributed by atoms with Crippen LogP contribution in [0, 0.1) is 0 Å². The fourth-order valence-electron chi connectivity index (χ4n) is 0.945. The summed E-state index contributed by atoms with van der Waals surface area (Å²) in [6.07, 6.45) is 0. The maximum atomic E-state index is 5.25. The maximum absolute atomic E-state index is 5.25. The summed E-state index contributed by atoms with van der Waals surface area (Å²) < 4.78 is 5.15.